The molecular formula is C15H13I2NO5S. The maximum absolute atomic E-state index is 12.3. The molecule has 0 saturated carbocycles. The Labute approximate surface area is 170 Å². The number of phenols is 1. The van der Waals surface area contributed by atoms with E-state index in [4.69, 9.17) is 4.74 Å². The molecule has 0 aromatic heterocycles. The van der Waals surface area contributed by atoms with Crippen molar-refractivity contribution in [3.05, 3.63) is 29.7 Å². The Bertz CT molecular complexity index is 748. The van der Waals surface area contributed by atoms with Gasteiger partial charge in [0.15, 0.2) is 0 Å². The molecule has 1 saturated heterocycles. The maximum atomic E-state index is 12.3. The molecule has 0 bridgehead atoms. The Morgan fingerprint density at radius 2 is 2.04 bits per heavy atom. The van der Waals surface area contributed by atoms with Crippen LogP contribution in [-0.4, -0.2) is 39.8 Å². The zero-order chi connectivity index (χ0) is 18.0. The highest BCUT2D eigenvalue weighted by atomic mass is 127. The van der Waals surface area contributed by atoms with Crippen molar-refractivity contribution in [1.29, 1.82) is 0 Å². The third-order valence-corrected chi connectivity index (χ3v) is 5.22. The summed E-state index contributed by atoms with van der Waals surface area (Å²) >= 11 is 4.82. The number of phenolic OH excluding ortho intramolecular Hbond substituents is 1. The molecular weight excluding hydrogens is 560 g/mol. The van der Waals surface area contributed by atoms with Crippen LogP contribution in [0.2, 0.25) is 0 Å². The van der Waals surface area contributed by atoms with Crippen molar-refractivity contribution in [2.75, 3.05) is 6.54 Å². The predicted octanol–water partition coefficient (Wildman–Crippen LogP) is 3.59. The average molecular weight is 573 g/mol. The van der Waals surface area contributed by atoms with E-state index in [1.807, 2.05) is 22.6 Å². The lowest BCUT2D eigenvalue weighted by molar-refractivity contribution is -0.149. The number of hydrogen-bond donors (Lipinski definition) is 1. The first-order valence-electron chi connectivity index (χ1n) is 6.82. The van der Waals surface area contributed by atoms with Gasteiger partial charge in [0.1, 0.15) is 12.3 Å². The van der Waals surface area contributed by atoms with Crippen molar-refractivity contribution in [3.8, 4) is 5.75 Å². The van der Waals surface area contributed by atoms with Gasteiger partial charge in [-0.15, -0.1) is 0 Å². The van der Waals surface area contributed by atoms with Crippen molar-refractivity contribution in [2.24, 2.45) is 0 Å². The zero-order valence-electron chi connectivity index (χ0n) is 12.7. The molecule has 128 valence electrons. The average Bonchev–Trinajstić information content (AvgIpc) is 2.71. The number of imide groups is 1. The van der Waals surface area contributed by atoms with E-state index in [0.29, 0.717) is 9.13 Å². The molecule has 0 atom stereocenters. The molecule has 24 heavy (non-hydrogen) atoms. The van der Waals surface area contributed by atoms with Gasteiger partial charge < -0.3 is 9.84 Å². The second kappa shape index (κ2) is 8.04. The topological polar surface area (TPSA) is 83.9 Å². The van der Waals surface area contributed by atoms with Gasteiger partial charge in [0.05, 0.1) is 14.6 Å². The Morgan fingerprint density at radius 1 is 1.38 bits per heavy atom. The smallest absolute Gasteiger partial charge is 0.326 e. The molecule has 6 nitrogen and oxygen atoms in total. The minimum Gasteiger partial charge on any atom is -0.506 e. The van der Waals surface area contributed by atoms with Gasteiger partial charge in [-0.05, 0) is 89.0 Å². The number of hydrogen-bond acceptors (Lipinski definition) is 6. The van der Waals surface area contributed by atoms with Gasteiger partial charge in [0, 0.05) is 9.13 Å². The lowest BCUT2D eigenvalue weighted by Gasteiger charge is -2.13. The third-order valence-electron chi connectivity index (χ3n) is 2.87. The van der Waals surface area contributed by atoms with Gasteiger partial charge in [0.2, 0.25) is 0 Å². The van der Waals surface area contributed by atoms with Crippen LogP contribution in [0.15, 0.2) is 17.0 Å². The first-order chi connectivity index (χ1) is 11.2. The molecule has 1 heterocycles. The molecule has 2 amide bonds. The summed E-state index contributed by atoms with van der Waals surface area (Å²) in [6.45, 7) is 2.95. The first kappa shape index (κ1) is 19.5. The number of carbonyl (C=O) groups excluding carboxylic acids is 3. The van der Waals surface area contributed by atoms with E-state index in [0.717, 1.165) is 20.2 Å². The summed E-state index contributed by atoms with van der Waals surface area (Å²) in [6, 6.07) is 3.50. The minimum atomic E-state index is -0.639. The van der Waals surface area contributed by atoms with Gasteiger partial charge >= 0.3 is 5.97 Å². The van der Waals surface area contributed by atoms with Crippen LogP contribution in [-0.2, 0) is 14.3 Å². The summed E-state index contributed by atoms with van der Waals surface area (Å²) in [5.41, 5.74) is 0.446. The van der Waals surface area contributed by atoms with Crippen molar-refractivity contribution in [1.82, 2.24) is 4.90 Å². The molecule has 1 aliphatic rings. The third kappa shape index (κ3) is 4.63. The van der Waals surface area contributed by atoms with Crippen molar-refractivity contribution in [2.45, 2.75) is 20.0 Å². The molecule has 1 aromatic rings. The number of halogens is 2. The SMILES string of the molecule is CC(C)OC(=O)CN1C(=O)S/C(=C/c2cc(I)cc(I)c2O)C1=O. The van der Waals surface area contributed by atoms with E-state index in [1.165, 1.54) is 6.08 Å². The predicted molar refractivity (Wildman–Crippen MR) is 107 cm³/mol. The quantitative estimate of drug-likeness (QED) is 0.337. The van der Waals surface area contributed by atoms with Gasteiger partial charge in [-0.25, -0.2) is 0 Å². The van der Waals surface area contributed by atoms with Crippen molar-refractivity contribution in [3.63, 3.8) is 0 Å². The van der Waals surface area contributed by atoms with E-state index in [-0.39, 0.29) is 16.8 Å². The fraction of sp³-hybridized carbons (Fsp3) is 0.267. The van der Waals surface area contributed by atoms with E-state index in [1.54, 1.807) is 26.0 Å². The number of benzene rings is 1. The Balaban J connectivity index is 2.24. The number of thioether (sulfide) groups is 1. The fourth-order valence-corrected chi connectivity index (χ4v) is 4.62. The standard InChI is InChI=1S/C15H13I2NO5S/c1-7(2)23-12(19)6-18-14(21)11(24-15(18)22)4-8-3-9(16)5-10(17)13(8)20/h3-5,7,20H,6H2,1-2H3/b11-4+. The highest BCUT2D eigenvalue weighted by Crippen LogP contribution is 2.35. The molecule has 1 fully saturated rings. The second-order valence-electron chi connectivity index (χ2n) is 5.13. The number of carbonyl (C=O) groups is 3. The van der Waals surface area contributed by atoms with E-state index in [2.05, 4.69) is 22.6 Å². The van der Waals surface area contributed by atoms with Gasteiger partial charge in [-0.2, -0.15) is 0 Å². The number of amides is 2. The van der Waals surface area contributed by atoms with Gasteiger partial charge in [-0.3, -0.25) is 19.3 Å². The van der Waals surface area contributed by atoms with Gasteiger partial charge in [0.25, 0.3) is 11.1 Å². The lowest BCUT2D eigenvalue weighted by atomic mass is 10.2. The lowest BCUT2D eigenvalue weighted by Crippen LogP contribution is -2.35. The Hall–Kier alpha value is -0.820. The first-order valence-corrected chi connectivity index (χ1v) is 9.79. The highest BCUT2D eigenvalue weighted by Gasteiger charge is 2.37. The number of nitrogens with zero attached hydrogens (tertiary/aromatic N) is 1. The Kier molecular flexibility index (Phi) is 6.53. The van der Waals surface area contributed by atoms with Crippen molar-refractivity contribution < 1.29 is 24.2 Å². The zero-order valence-corrected chi connectivity index (χ0v) is 17.8. The molecule has 1 aromatic carbocycles. The van der Waals surface area contributed by atoms with Crippen LogP contribution in [0.25, 0.3) is 6.08 Å². The van der Waals surface area contributed by atoms with Gasteiger partial charge in [-0.1, -0.05) is 0 Å². The minimum absolute atomic E-state index is 0.0435. The van der Waals surface area contributed by atoms with Crippen LogP contribution in [0.5, 0.6) is 5.75 Å². The van der Waals surface area contributed by atoms with E-state index < -0.39 is 23.7 Å². The van der Waals surface area contributed by atoms with Crippen LogP contribution < -0.4 is 0 Å². The summed E-state index contributed by atoms with van der Waals surface area (Å²) in [5.74, 6) is -1.17. The largest absolute Gasteiger partial charge is 0.506 e. The Morgan fingerprint density at radius 3 is 2.67 bits per heavy atom. The second-order valence-corrected chi connectivity index (χ2v) is 8.53. The van der Waals surface area contributed by atoms with E-state index in [9.17, 15) is 19.5 Å². The molecule has 1 N–H and O–H groups in total. The molecule has 0 aliphatic carbocycles. The van der Waals surface area contributed by atoms with Crippen LogP contribution in [0.1, 0.15) is 19.4 Å². The van der Waals surface area contributed by atoms with Crippen LogP contribution in [0.4, 0.5) is 4.79 Å². The fourth-order valence-electron chi connectivity index (χ4n) is 1.90. The number of aromatic hydroxyl groups is 1. The number of ether oxygens (including phenoxy) is 1. The monoisotopic (exact) mass is 573 g/mol. The molecule has 0 radical (unpaired) electrons. The van der Waals surface area contributed by atoms with Crippen LogP contribution in [0, 0.1) is 7.14 Å². The summed E-state index contributed by atoms with van der Waals surface area (Å²) < 4.78 is 6.49. The molecule has 0 spiro atoms. The summed E-state index contributed by atoms with van der Waals surface area (Å²) in [6.07, 6.45) is 1.14. The molecule has 0 unspecified atom stereocenters. The number of rotatable bonds is 4. The summed E-state index contributed by atoms with van der Waals surface area (Å²) in [7, 11) is 0. The summed E-state index contributed by atoms with van der Waals surface area (Å²) in [5, 5.41) is 9.56. The van der Waals surface area contributed by atoms with E-state index >= 15 is 0 Å². The maximum Gasteiger partial charge on any atom is 0.326 e. The summed E-state index contributed by atoms with van der Waals surface area (Å²) in [4.78, 5) is 37.0. The van der Waals surface area contributed by atoms with Crippen molar-refractivity contribution >= 4 is 80.1 Å². The molecule has 2 rings (SSSR count). The molecule has 9 heteroatoms. The number of esters is 1. The molecule has 1 aliphatic heterocycles. The van der Waals surface area contributed by atoms with Crippen LogP contribution >= 0.6 is 56.9 Å². The highest BCUT2D eigenvalue weighted by molar-refractivity contribution is 14.1. The normalized spacial score (nSPS) is 16.4. The van der Waals surface area contributed by atoms with Crippen LogP contribution in [0.3, 0.4) is 0 Å².